The van der Waals surface area contributed by atoms with E-state index in [1.54, 1.807) is 0 Å². The van der Waals surface area contributed by atoms with E-state index in [2.05, 4.69) is 32.6 Å². The van der Waals surface area contributed by atoms with Crippen LogP contribution in [0.2, 0.25) is 0 Å². The van der Waals surface area contributed by atoms with Gasteiger partial charge in [0.1, 0.15) is 0 Å². The number of likely N-dealkylation sites (tertiary alicyclic amines) is 1. The van der Waals surface area contributed by atoms with Crippen LogP contribution in [-0.4, -0.2) is 35.7 Å². The number of aliphatic hydroxyl groups is 1. The molecule has 0 saturated carbocycles. The number of aliphatic hydroxyl groups excluding tert-OH is 1. The number of nitrogens with zero attached hydrogens (tertiary/aromatic N) is 1. The highest BCUT2D eigenvalue weighted by Gasteiger charge is 2.24. The number of rotatable bonds is 4. The molecule has 1 aliphatic rings. The lowest BCUT2D eigenvalue weighted by molar-refractivity contribution is 0.0415. The summed E-state index contributed by atoms with van der Waals surface area (Å²) >= 11 is 0. The van der Waals surface area contributed by atoms with Crippen LogP contribution < -0.4 is 0 Å². The molecular weight excluding hydrogens is 198 g/mol. The zero-order valence-electron chi connectivity index (χ0n) is 11.5. The maximum Gasteiger partial charge on any atom is 0.0600 e. The van der Waals surface area contributed by atoms with Crippen LogP contribution in [0.4, 0.5) is 0 Å². The third-order valence-electron chi connectivity index (χ3n) is 4.00. The molecule has 16 heavy (non-hydrogen) atoms. The molecule has 1 saturated heterocycles. The minimum absolute atomic E-state index is 0.0295. The Morgan fingerprint density at radius 1 is 1.25 bits per heavy atom. The van der Waals surface area contributed by atoms with Crippen LogP contribution >= 0.6 is 0 Å². The molecule has 0 aliphatic carbocycles. The molecule has 1 aliphatic heterocycles. The molecule has 2 nitrogen and oxygen atoms in total. The van der Waals surface area contributed by atoms with Gasteiger partial charge in [-0.2, -0.15) is 0 Å². The van der Waals surface area contributed by atoms with Gasteiger partial charge in [0.2, 0.25) is 0 Å². The van der Waals surface area contributed by atoms with Crippen LogP contribution in [0.3, 0.4) is 0 Å². The zero-order chi connectivity index (χ0) is 12.2. The maximum atomic E-state index is 9.99. The molecule has 1 heterocycles. The van der Waals surface area contributed by atoms with Crippen LogP contribution in [0.5, 0.6) is 0 Å². The fraction of sp³-hybridized carbons (Fsp3) is 1.00. The molecule has 1 fully saturated rings. The number of piperidine rings is 1. The predicted octanol–water partition coefficient (Wildman–Crippen LogP) is 2.91. The summed E-state index contributed by atoms with van der Waals surface area (Å²) in [5.41, 5.74) is 0.0295. The van der Waals surface area contributed by atoms with Crippen molar-refractivity contribution in [2.75, 3.05) is 19.6 Å². The SMILES string of the molecule is CCC1CCN(CCC(O)C(C)(C)C)CC1. The molecule has 1 unspecified atom stereocenters. The Morgan fingerprint density at radius 2 is 1.81 bits per heavy atom. The highest BCUT2D eigenvalue weighted by molar-refractivity contribution is 4.76. The van der Waals surface area contributed by atoms with Crippen LogP contribution in [-0.2, 0) is 0 Å². The minimum Gasteiger partial charge on any atom is -0.393 e. The van der Waals surface area contributed by atoms with Crippen LogP contribution in [0.1, 0.15) is 53.4 Å². The van der Waals surface area contributed by atoms with Crippen molar-refractivity contribution in [3.8, 4) is 0 Å². The highest BCUT2D eigenvalue weighted by Crippen LogP contribution is 2.24. The third kappa shape index (κ3) is 4.42. The van der Waals surface area contributed by atoms with Crippen molar-refractivity contribution in [1.29, 1.82) is 0 Å². The Bertz CT molecular complexity index is 189. The first-order valence-electron chi connectivity index (χ1n) is 6.84. The Kier molecular flexibility index (Phi) is 5.26. The van der Waals surface area contributed by atoms with Gasteiger partial charge in [-0.05, 0) is 43.7 Å². The fourth-order valence-corrected chi connectivity index (χ4v) is 2.36. The van der Waals surface area contributed by atoms with Crippen molar-refractivity contribution in [2.45, 2.75) is 59.5 Å². The molecule has 2 heteroatoms. The highest BCUT2D eigenvalue weighted by atomic mass is 16.3. The van der Waals surface area contributed by atoms with Gasteiger partial charge in [-0.3, -0.25) is 0 Å². The van der Waals surface area contributed by atoms with Gasteiger partial charge in [-0.25, -0.2) is 0 Å². The van der Waals surface area contributed by atoms with Crippen molar-refractivity contribution in [2.24, 2.45) is 11.3 Å². The van der Waals surface area contributed by atoms with Gasteiger partial charge in [0.05, 0.1) is 6.10 Å². The summed E-state index contributed by atoms with van der Waals surface area (Å²) in [5.74, 6) is 0.948. The molecule has 0 spiro atoms. The van der Waals surface area contributed by atoms with Crippen LogP contribution in [0.25, 0.3) is 0 Å². The second-order valence-corrected chi connectivity index (χ2v) is 6.36. The Labute approximate surface area is 101 Å². The standard InChI is InChI=1S/C14H29NO/c1-5-12-6-9-15(10-7-12)11-8-13(16)14(2,3)4/h12-13,16H,5-11H2,1-4H3. The summed E-state index contributed by atoms with van der Waals surface area (Å²) in [7, 11) is 0. The lowest BCUT2D eigenvalue weighted by Crippen LogP contribution is -2.37. The lowest BCUT2D eigenvalue weighted by atomic mass is 9.87. The van der Waals surface area contributed by atoms with E-state index in [0.717, 1.165) is 18.9 Å². The first-order valence-corrected chi connectivity index (χ1v) is 6.84. The Hall–Kier alpha value is -0.0800. The first-order chi connectivity index (χ1) is 7.43. The summed E-state index contributed by atoms with van der Waals surface area (Å²) in [5, 5.41) is 9.99. The van der Waals surface area contributed by atoms with E-state index in [4.69, 9.17) is 0 Å². The van der Waals surface area contributed by atoms with Crippen molar-refractivity contribution in [3.63, 3.8) is 0 Å². The van der Waals surface area contributed by atoms with Gasteiger partial charge in [0.25, 0.3) is 0 Å². The van der Waals surface area contributed by atoms with Gasteiger partial charge in [-0.1, -0.05) is 34.1 Å². The van der Waals surface area contributed by atoms with Crippen LogP contribution in [0, 0.1) is 11.3 Å². The summed E-state index contributed by atoms with van der Waals surface area (Å²) in [6, 6.07) is 0. The molecule has 0 aromatic rings. The van der Waals surface area contributed by atoms with Gasteiger partial charge >= 0.3 is 0 Å². The van der Waals surface area contributed by atoms with E-state index in [1.165, 1.54) is 32.4 Å². The van der Waals surface area contributed by atoms with Crippen molar-refractivity contribution in [1.82, 2.24) is 4.90 Å². The Morgan fingerprint density at radius 3 is 2.25 bits per heavy atom. The molecule has 1 atom stereocenters. The summed E-state index contributed by atoms with van der Waals surface area (Å²) in [6.07, 6.45) is 4.78. The summed E-state index contributed by atoms with van der Waals surface area (Å²) in [4.78, 5) is 2.52. The molecule has 96 valence electrons. The van der Waals surface area contributed by atoms with E-state index in [9.17, 15) is 5.11 Å². The van der Waals surface area contributed by atoms with E-state index >= 15 is 0 Å². The number of hydrogen-bond acceptors (Lipinski definition) is 2. The average Bonchev–Trinajstić information content (AvgIpc) is 2.25. The lowest BCUT2D eigenvalue weighted by Gasteiger charge is -2.33. The predicted molar refractivity (Wildman–Crippen MR) is 69.5 cm³/mol. The van der Waals surface area contributed by atoms with Crippen molar-refractivity contribution < 1.29 is 5.11 Å². The molecule has 0 radical (unpaired) electrons. The normalized spacial score (nSPS) is 22.3. The van der Waals surface area contributed by atoms with E-state index < -0.39 is 0 Å². The zero-order valence-corrected chi connectivity index (χ0v) is 11.5. The van der Waals surface area contributed by atoms with E-state index in [0.29, 0.717) is 0 Å². The van der Waals surface area contributed by atoms with Crippen LogP contribution in [0.15, 0.2) is 0 Å². The molecule has 0 amide bonds. The Balaban J connectivity index is 2.20. The van der Waals surface area contributed by atoms with Crippen molar-refractivity contribution in [3.05, 3.63) is 0 Å². The molecule has 1 N–H and O–H groups in total. The summed E-state index contributed by atoms with van der Waals surface area (Å²) in [6.45, 7) is 12.2. The van der Waals surface area contributed by atoms with Crippen molar-refractivity contribution >= 4 is 0 Å². The third-order valence-corrected chi connectivity index (χ3v) is 4.00. The average molecular weight is 227 g/mol. The van der Waals surface area contributed by atoms with E-state index in [-0.39, 0.29) is 11.5 Å². The monoisotopic (exact) mass is 227 g/mol. The second kappa shape index (κ2) is 6.02. The van der Waals surface area contributed by atoms with E-state index in [1.807, 2.05) is 0 Å². The second-order valence-electron chi connectivity index (χ2n) is 6.36. The van der Waals surface area contributed by atoms with Gasteiger partial charge < -0.3 is 10.0 Å². The maximum absolute atomic E-state index is 9.99. The van der Waals surface area contributed by atoms with Gasteiger partial charge in [0, 0.05) is 6.54 Å². The topological polar surface area (TPSA) is 23.5 Å². The molecule has 0 aromatic carbocycles. The smallest absolute Gasteiger partial charge is 0.0600 e. The number of hydrogen-bond donors (Lipinski definition) is 1. The quantitative estimate of drug-likeness (QED) is 0.798. The molecular formula is C14H29NO. The molecule has 1 rings (SSSR count). The fourth-order valence-electron chi connectivity index (χ4n) is 2.36. The summed E-state index contributed by atoms with van der Waals surface area (Å²) < 4.78 is 0. The van der Waals surface area contributed by atoms with Gasteiger partial charge in [-0.15, -0.1) is 0 Å². The van der Waals surface area contributed by atoms with Gasteiger partial charge in [0.15, 0.2) is 0 Å². The minimum atomic E-state index is -0.170. The largest absolute Gasteiger partial charge is 0.393 e. The molecule has 0 bridgehead atoms. The molecule has 0 aromatic heterocycles. The first kappa shape index (κ1) is 14.0.